The first-order valence-electron chi connectivity index (χ1n) is 4.12. The van der Waals surface area contributed by atoms with Crippen LogP contribution in [0.5, 0.6) is 0 Å². The van der Waals surface area contributed by atoms with Gasteiger partial charge < -0.3 is 5.11 Å². The van der Waals surface area contributed by atoms with E-state index < -0.39 is 0 Å². The highest BCUT2D eigenvalue weighted by molar-refractivity contribution is 4.86. The predicted molar refractivity (Wildman–Crippen MR) is 42.7 cm³/mol. The van der Waals surface area contributed by atoms with Crippen LogP contribution in [0, 0.1) is 11.8 Å². The first kappa shape index (κ1) is 7.80. The third-order valence-corrected chi connectivity index (χ3v) is 2.52. The second kappa shape index (κ2) is 3.77. The molecule has 1 unspecified atom stereocenters. The predicted octanol–water partition coefficient (Wildman–Crippen LogP) is 1.97. The van der Waals surface area contributed by atoms with Crippen LogP contribution in [0.15, 0.2) is 12.7 Å². The second-order valence-corrected chi connectivity index (χ2v) is 3.13. The maximum atomic E-state index is 8.92. The molecule has 1 N–H and O–H groups in total. The number of rotatable bonds is 3. The Kier molecular flexibility index (Phi) is 2.94. The fourth-order valence-corrected chi connectivity index (χ4v) is 1.80. The molecule has 0 bridgehead atoms. The molecule has 0 amide bonds. The summed E-state index contributed by atoms with van der Waals surface area (Å²) in [6.45, 7) is 4.00. The molecule has 1 saturated carbocycles. The minimum atomic E-state index is 0.286. The normalized spacial score (nSPS) is 22.9. The topological polar surface area (TPSA) is 20.2 Å². The number of hydrogen-bond acceptors (Lipinski definition) is 1. The molecular formula is C9H16O. The molecule has 1 atom stereocenters. The minimum Gasteiger partial charge on any atom is -0.396 e. The maximum Gasteiger partial charge on any atom is 0.0496 e. The highest BCUT2D eigenvalue weighted by Gasteiger charge is 2.21. The third kappa shape index (κ3) is 1.60. The van der Waals surface area contributed by atoms with Crippen molar-refractivity contribution in [1.29, 1.82) is 0 Å². The van der Waals surface area contributed by atoms with Crippen molar-refractivity contribution in [2.75, 3.05) is 6.61 Å². The molecule has 1 heteroatoms. The highest BCUT2D eigenvalue weighted by atomic mass is 16.3. The van der Waals surface area contributed by atoms with Gasteiger partial charge in [-0.1, -0.05) is 18.9 Å². The average Bonchev–Trinajstić information content (AvgIpc) is 2.43. The van der Waals surface area contributed by atoms with E-state index in [4.69, 9.17) is 5.11 Å². The smallest absolute Gasteiger partial charge is 0.0496 e. The lowest BCUT2D eigenvalue weighted by Gasteiger charge is -2.15. The summed E-state index contributed by atoms with van der Waals surface area (Å²) in [4.78, 5) is 0. The summed E-state index contributed by atoms with van der Waals surface area (Å²) in [7, 11) is 0. The molecule has 0 aromatic heterocycles. The SMILES string of the molecule is C=CC(CO)C1CCCC1. The van der Waals surface area contributed by atoms with E-state index in [1.807, 2.05) is 6.08 Å². The van der Waals surface area contributed by atoms with Crippen molar-refractivity contribution in [2.45, 2.75) is 25.7 Å². The zero-order valence-electron chi connectivity index (χ0n) is 6.42. The molecular weight excluding hydrogens is 124 g/mol. The van der Waals surface area contributed by atoms with Gasteiger partial charge in [-0.25, -0.2) is 0 Å². The van der Waals surface area contributed by atoms with E-state index in [2.05, 4.69) is 6.58 Å². The monoisotopic (exact) mass is 140 g/mol. The first-order chi connectivity index (χ1) is 4.88. The molecule has 0 aromatic carbocycles. The lowest BCUT2D eigenvalue weighted by Crippen LogP contribution is -2.12. The van der Waals surface area contributed by atoms with Gasteiger partial charge in [0.15, 0.2) is 0 Å². The Balaban J connectivity index is 2.36. The van der Waals surface area contributed by atoms with E-state index in [0.717, 1.165) is 5.92 Å². The van der Waals surface area contributed by atoms with Gasteiger partial charge >= 0.3 is 0 Å². The molecule has 1 nitrogen and oxygen atoms in total. The molecule has 1 fully saturated rings. The molecule has 0 aliphatic heterocycles. The van der Waals surface area contributed by atoms with Crippen molar-refractivity contribution < 1.29 is 5.11 Å². The fourth-order valence-electron chi connectivity index (χ4n) is 1.80. The molecule has 0 heterocycles. The Morgan fingerprint density at radius 3 is 2.50 bits per heavy atom. The summed E-state index contributed by atoms with van der Waals surface area (Å²) < 4.78 is 0. The van der Waals surface area contributed by atoms with Crippen LogP contribution in [0.3, 0.4) is 0 Å². The van der Waals surface area contributed by atoms with Crippen LogP contribution in [0.2, 0.25) is 0 Å². The zero-order valence-corrected chi connectivity index (χ0v) is 6.42. The molecule has 58 valence electrons. The van der Waals surface area contributed by atoms with E-state index in [0.29, 0.717) is 5.92 Å². The van der Waals surface area contributed by atoms with Gasteiger partial charge in [0.2, 0.25) is 0 Å². The lowest BCUT2D eigenvalue weighted by atomic mass is 9.92. The van der Waals surface area contributed by atoms with E-state index in [-0.39, 0.29) is 6.61 Å². The van der Waals surface area contributed by atoms with Gasteiger partial charge in [0, 0.05) is 12.5 Å². The summed E-state index contributed by atoms with van der Waals surface area (Å²) in [6, 6.07) is 0. The number of hydrogen-bond donors (Lipinski definition) is 1. The van der Waals surface area contributed by atoms with Crippen molar-refractivity contribution in [3.8, 4) is 0 Å². The molecule has 0 aromatic rings. The number of aliphatic hydroxyl groups is 1. The van der Waals surface area contributed by atoms with Gasteiger partial charge in [-0.15, -0.1) is 6.58 Å². The molecule has 0 spiro atoms. The van der Waals surface area contributed by atoms with E-state index >= 15 is 0 Å². The summed E-state index contributed by atoms with van der Waals surface area (Å²) in [5.41, 5.74) is 0. The third-order valence-electron chi connectivity index (χ3n) is 2.52. The van der Waals surface area contributed by atoms with Crippen molar-refractivity contribution in [3.05, 3.63) is 12.7 Å². The minimum absolute atomic E-state index is 0.286. The second-order valence-electron chi connectivity index (χ2n) is 3.13. The van der Waals surface area contributed by atoms with Crippen LogP contribution < -0.4 is 0 Å². The van der Waals surface area contributed by atoms with Gasteiger partial charge in [0.25, 0.3) is 0 Å². The summed E-state index contributed by atoms with van der Waals surface area (Å²) >= 11 is 0. The zero-order chi connectivity index (χ0) is 7.40. The number of aliphatic hydroxyl groups excluding tert-OH is 1. The summed E-state index contributed by atoms with van der Waals surface area (Å²) in [6.07, 6.45) is 7.16. The van der Waals surface area contributed by atoms with Gasteiger partial charge in [0.05, 0.1) is 0 Å². The molecule has 10 heavy (non-hydrogen) atoms. The van der Waals surface area contributed by atoms with Crippen LogP contribution in [0.4, 0.5) is 0 Å². The first-order valence-corrected chi connectivity index (χ1v) is 4.12. The van der Waals surface area contributed by atoms with Crippen molar-refractivity contribution in [3.63, 3.8) is 0 Å². The van der Waals surface area contributed by atoms with Gasteiger partial charge in [-0.3, -0.25) is 0 Å². The van der Waals surface area contributed by atoms with Crippen LogP contribution in [-0.2, 0) is 0 Å². The van der Waals surface area contributed by atoms with Crippen LogP contribution in [0.25, 0.3) is 0 Å². The summed E-state index contributed by atoms with van der Waals surface area (Å²) in [5, 5.41) is 8.92. The van der Waals surface area contributed by atoms with Gasteiger partial charge in [0.1, 0.15) is 0 Å². The van der Waals surface area contributed by atoms with E-state index in [1.54, 1.807) is 0 Å². The quantitative estimate of drug-likeness (QED) is 0.594. The Morgan fingerprint density at radius 2 is 2.10 bits per heavy atom. The molecule has 1 aliphatic rings. The van der Waals surface area contributed by atoms with Crippen molar-refractivity contribution in [1.82, 2.24) is 0 Å². The van der Waals surface area contributed by atoms with E-state index in [9.17, 15) is 0 Å². The lowest BCUT2D eigenvalue weighted by molar-refractivity contribution is 0.209. The van der Waals surface area contributed by atoms with Crippen LogP contribution >= 0.6 is 0 Å². The van der Waals surface area contributed by atoms with E-state index in [1.165, 1.54) is 25.7 Å². The maximum absolute atomic E-state index is 8.92. The molecule has 1 aliphatic carbocycles. The van der Waals surface area contributed by atoms with Crippen molar-refractivity contribution in [2.24, 2.45) is 11.8 Å². The highest BCUT2D eigenvalue weighted by Crippen LogP contribution is 2.31. The fraction of sp³-hybridized carbons (Fsp3) is 0.778. The molecule has 0 saturated heterocycles. The van der Waals surface area contributed by atoms with Gasteiger partial charge in [-0.2, -0.15) is 0 Å². The van der Waals surface area contributed by atoms with Crippen molar-refractivity contribution >= 4 is 0 Å². The Bertz CT molecular complexity index is 103. The molecule has 0 radical (unpaired) electrons. The van der Waals surface area contributed by atoms with Crippen LogP contribution in [-0.4, -0.2) is 11.7 Å². The van der Waals surface area contributed by atoms with Gasteiger partial charge in [-0.05, 0) is 18.8 Å². The summed E-state index contributed by atoms with van der Waals surface area (Å²) in [5.74, 6) is 1.09. The average molecular weight is 140 g/mol. The Labute approximate surface area is 62.8 Å². The Morgan fingerprint density at radius 1 is 1.50 bits per heavy atom. The van der Waals surface area contributed by atoms with Crippen LogP contribution in [0.1, 0.15) is 25.7 Å². The largest absolute Gasteiger partial charge is 0.396 e. The standard InChI is InChI=1S/C9H16O/c1-2-8(7-10)9-5-3-4-6-9/h2,8-10H,1,3-7H2. The molecule has 1 rings (SSSR count). The Hall–Kier alpha value is -0.300.